The summed E-state index contributed by atoms with van der Waals surface area (Å²) >= 11 is 1.53. The lowest BCUT2D eigenvalue weighted by Gasteiger charge is -2.13. The van der Waals surface area contributed by atoms with Gasteiger partial charge in [0, 0.05) is 0 Å². The van der Waals surface area contributed by atoms with Gasteiger partial charge in [-0.3, -0.25) is 4.79 Å². The summed E-state index contributed by atoms with van der Waals surface area (Å²) in [6.07, 6.45) is 2.24. The highest BCUT2D eigenvalue weighted by Crippen LogP contribution is 2.04. The number of aliphatic carboxylic acids is 1. The van der Waals surface area contributed by atoms with Crippen LogP contribution < -0.4 is 5.32 Å². The molecule has 0 aromatic carbocycles. The Morgan fingerprint density at radius 2 is 2.22 bits per heavy atom. The van der Waals surface area contributed by atoms with Gasteiger partial charge in [-0.15, -0.1) is 0 Å². The van der Waals surface area contributed by atoms with E-state index in [0.29, 0.717) is 23.6 Å². The molecule has 0 saturated carbocycles. The first-order chi connectivity index (χ1) is 8.54. The van der Waals surface area contributed by atoms with Gasteiger partial charge in [0.05, 0.1) is 6.42 Å². The van der Waals surface area contributed by atoms with E-state index in [1.807, 2.05) is 6.26 Å². The molecule has 1 aromatic heterocycles. The van der Waals surface area contributed by atoms with Gasteiger partial charge in [-0.2, -0.15) is 11.8 Å². The SMILES string of the molecule is CSCCC(NC(=O)Cc1nonc1C)C(=O)O. The largest absolute Gasteiger partial charge is 0.480 e. The molecule has 8 heteroatoms. The number of thioether (sulfide) groups is 1. The third kappa shape index (κ3) is 4.36. The highest BCUT2D eigenvalue weighted by atomic mass is 32.2. The number of rotatable bonds is 7. The van der Waals surface area contributed by atoms with Crippen molar-refractivity contribution in [3.8, 4) is 0 Å². The maximum Gasteiger partial charge on any atom is 0.326 e. The number of carbonyl (C=O) groups excluding carboxylic acids is 1. The third-order valence-corrected chi connectivity index (χ3v) is 2.96. The number of nitrogens with one attached hydrogen (secondary N) is 1. The van der Waals surface area contributed by atoms with E-state index in [0.717, 1.165) is 0 Å². The summed E-state index contributed by atoms with van der Waals surface area (Å²) < 4.78 is 4.46. The molecule has 0 bridgehead atoms. The van der Waals surface area contributed by atoms with Crippen LogP contribution in [0.2, 0.25) is 0 Å². The van der Waals surface area contributed by atoms with E-state index in [9.17, 15) is 9.59 Å². The van der Waals surface area contributed by atoms with Gasteiger partial charge in [-0.1, -0.05) is 10.3 Å². The van der Waals surface area contributed by atoms with Gasteiger partial charge < -0.3 is 10.4 Å². The van der Waals surface area contributed by atoms with Gasteiger partial charge in [0.25, 0.3) is 0 Å². The highest BCUT2D eigenvalue weighted by molar-refractivity contribution is 7.98. The maximum atomic E-state index is 11.6. The van der Waals surface area contributed by atoms with Gasteiger partial charge in [-0.25, -0.2) is 9.42 Å². The van der Waals surface area contributed by atoms with Gasteiger partial charge in [0.1, 0.15) is 17.4 Å². The molecular formula is C10H15N3O4S. The lowest BCUT2D eigenvalue weighted by molar-refractivity contribution is -0.141. The van der Waals surface area contributed by atoms with Crippen molar-refractivity contribution in [1.82, 2.24) is 15.6 Å². The highest BCUT2D eigenvalue weighted by Gasteiger charge is 2.20. The molecule has 0 fully saturated rings. The summed E-state index contributed by atoms with van der Waals surface area (Å²) in [5, 5.41) is 18.5. The predicted molar refractivity (Wildman–Crippen MR) is 65.3 cm³/mol. The molecule has 18 heavy (non-hydrogen) atoms. The maximum absolute atomic E-state index is 11.6. The third-order valence-electron chi connectivity index (χ3n) is 2.32. The molecule has 2 N–H and O–H groups in total. The average molecular weight is 273 g/mol. The molecule has 0 saturated heterocycles. The number of aromatic nitrogens is 2. The number of hydrogen-bond acceptors (Lipinski definition) is 6. The lowest BCUT2D eigenvalue weighted by atomic mass is 10.2. The Labute approximate surface area is 108 Å². The van der Waals surface area contributed by atoms with E-state index in [4.69, 9.17) is 5.11 Å². The van der Waals surface area contributed by atoms with Gasteiger partial charge in [-0.05, 0) is 25.4 Å². The number of nitrogens with zero attached hydrogens (tertiary/aromatic N) is 2. The zero-order valence-electron chi connectivity index (χ0n) is 10.2. The van der Waals surface area contributed by atoms with Crippen LogP contribution in [0.15, 0.2) is 4.63 Å². The Hall–Kier alpha value is -1.57. The monoisotopic (exact) mass is 273 g/mol. The predicted octanol–water partition coefficient (Wildman–Crippen LogP) is 0.243. The average Bonchev–Trinajstić information content (AvgIpc) is 2.70. The molecule has 0 aliphatic carbocycles. The fourth-order valence-corrected chi connectivity index (χ4v) is 1.77. The Bertz CT molecular complexity index is 421. The minimum absolute atomic E-state index is 0.0294. The molecule has 1 unspecified atom stereocenters. The smallest absolute Gasteiger partial charge is 0.326 e. The summed E-state index contributed by atoms with van der Waals surface area (Å²) in [7, 11) is 0. The second-order valence-corrected chi connectivity index (χ2v) is 4.70. The normalized spacial score (nSPS) is 12.1. The minimum atomic E-state index is -1.03. The first-order valence-corrected chi connectivity index (χ1v) is 6.73. The Morgan fingerprint density at radius 1 is 1.50 bits per heavy atom. The van der Waals surface area contributed by atoms with E-state index >= 15 is 0 Å². The second kappa shape index (κ2) is 7.00. The van der Waals surface area contributed by atoms with E-state index in [-0.39, 0.29) is 6.42 Å². The van der Waals surface area contributed by atoms with Crippen molar-refractivity contribution in [2.45, 2.75) is 25.8 Å². The molecule has 0 aliphatic rings. The molecule has 0 aliphatic heterocycles. The summed E-state index contributed by atoms with van der Waals surface area (Å²) in [4.78, 5) is 22.6. The number of carbonyl (C=O) groups is 2. The zero-order valence-corrected chi connectivity index (χ0v) is 11.0. The van der Waals surface area contributed by atoms with Crippen LogP contribution in [0.1, 0.15) is 17.8 Å². The van der Waals surface area contributed by atoms with Crippen LogP contribution in [0, 0.1) is 6.92 Å². The van der Waals surface area contributed by atoms with Crippen molar-refractivity contribution < 1.29 is 19.3 Å². The van der Waals surface area contributed by atoms with Crippen LogP contribution in [-0.4, -0.2) is 45.3 Å². The molecule has 7 nitrogen and oxygen atoms in total. The number of carboxylic acids is 1. The standard InChI is InChI=1S/C10H15N3O4S/c1-6-8(13-17-12-6)5-9(14)11-7(10(15)16)3-4-18-2/h7H,3-5H2,1-2H3,(H,11,14)(H,15,16). The van der Waals surface area contributed by atoms with Crippen molar-refractivity contribution in [1.29, 1.82) is 0 Å². The summed E-state index contributed by atoms with van der Waals surface area (Å²) in [5.41, 5.74) is 0.947. The topological polar surface area (TPSA) is 105 Å². The number of carboxylic acid groups (broad SMARTS) is 1. The van der Waals surface area contributed by atoms with Crippen LogP contribution in [0.4, 0.5) is 0 Å². The second-order valence-electron chi connectivity index (χ2n) is 3.71. The number of aryl methyl sites for hydroxylation is 1. The molecule has 1 heterocycles. The van der Waals surface area contributed by atoms with Crippen molar-refractivity contribution in [3.63, 3.8) is 0 Å². The van der Waals surface area contributed by atoms with E-state index < -0.39 is 17.9 Å². The quantitative estimate of drug-likeness (QED) is 0.733. The van der Waals surface area contributed by atoms with E-state index in [1.54, 1.807) is 6.92 Å². The number of hydrogen-bond donors (Lipinski definition) is 2. The van der Waals surface area contributed by atoms with Crippen LogP contribution in [0.5, 0.6) is 0 Å². The molecule has 1 amide bonds. The summed E-state index contributed by atoms with van der Waals surface area (Å²) in [5.74, 6) is -0.767. The molecule has 1 atom stereocenters. The fraction of sp³-hybridized carbons (Fsp3) is 0.600. The van der Waals surface area contributed by atoms with Crippen LogP contribution in [-0.2, 0) is 16.0 Å². The lowest BCUT2D eigenvalue weighted by Crippen LogP contribution is -2.42. The van der Waals surface area contributed by atoms with Gasteiger partial charge in [0.15, 0.2) is 0 Å². The minimum Gasteiger partial charge on any atom is -0.480 e. The van der Waals surface area contributed by atoms with Gasteiger partial charge >= 0.3 is 5.97 Å². The molecular weight excluding hydrogens is 258 g/mol. The Balaban J connectivity index is 2.51. The van der Waals surface area contributed by atoms with Crippen LogP contribution in [0.25, 0.3) is 0 Å². The van der Waals surface area contributed by atoms with Crippen molar-refractivity contribution in [2.75, 3.05) is 12.0 Å². The molecule has 0 radical (unpaired) electrons. The first kappa shape index (κ1) is 14.5. The van der Waals surface area contributed by atoms with Crippen molar-refractivity contribution in [3.05, 3.63) is 11.4 Å². The van der Waals surface area contributed by atoms with Crippen LogP contribution >= 0.6 is 11.8 Å². The van der Waals surface area contributed by atoms with Crippen molar-refractivity contribution in [2.24, 2.45) is 0 Å². The fourth-order valence-electron chi connectivity index (χ4n) is 1.30. The van der Waals surface area contributed by atoms with E-state index in [2.05, 4.69) is 20.3 Å². The van der Waals surface area contributed by atoms with Crippen LogP contribution in [0.3, 0.4) is 0 Å². The Kier molecular flexibility index (Phi) is 5.63. The molecule has 0 spiro atoms. The summed E-state index contributed by atoms with van der Waals surface area (Å²) in [6, 6.07) is -0.870. The van der Waals surface area contributed by atoms with Gasteiger partial charge in [0.2, 0.25) is 5.91 Å². The molecule has 1 aromatic rings. The Morgan fingerprint density at radius 3 is 2.72 bits per heavy atom. The first-order valence-electron chi connectivity index (χ1n) is 5.33. The summed E-state index contributed by atoms with van der Waals surface area (Å²) in [6.45, 7) is 1.67. The molecule has 1 rings (SSSR count). The zero-order chi connectivity index (χ0) is 13.5. The molecule has 100 valence electrons. The van der Waals surface area contributed by atoms with E-state index in [1.165, 1.54) is 11.8 Å². The van der Waals surface area contributed by atoms with Crippen molar-refractivity contribution >= 4 is 23.6 Å². The number of amides is 1.